The quantitative estimate of drug-likeness (QED) is 0.540. The van der Waals surface area contributed by atoms with Crippen molar-refractivity contribution in [3.8, 4) is 0 Å². The van der Waals surface area contributed by atoms with E-state index in [-0.39, 0.29) is 5.41 Å². The maximum Gasteiger partial charge on any atom is 0.225 e. The SMILES string of the molecule is Cc1oc(C(C)(C)C)cc1CN[C@H]1CC[C@@H](Nc2nc(N(C)C)c3ccccc3n2)CC1. The van der Waals surface area contributed by atoms with E-state index in [1.165, 1.54) is 5.56 Å². The van der Waals surface area contributed by atoms with E-state index in [1.54, 1.807) is 0 Å². The zero-order chi connectivity index (χ0) is 22.9. The molecule has 1 aromatic carbocycles. The molecule has 0 atom stereocenters. The van der Waals surface area contributed by atoms with Crippen LogP contribution in [0.4, 0.5) is 11.8 Å². The predicted molar refractivity (Wildman–Crippen MR) is 133 cm³/mol. The molecule has 2 heterocycles. The first-order chi connectivity index (χ1) is 15.2. The molecule has 0 saturated heterocycles. The fourth-order valence-corrected chi connectivity index (χ4v) is 4.41. The molecule has 1 aliphatic rings. The molecule has 1 aliphatic carbocycles. The van der Waals surface area contributed by atoms with Crippen molar-refractivity contribution in [2.45, 2.75) is 77.4 Å². The molecule has 3 aromatic rings. The van der Waals surface area contributed by atoms with Gasteiger partial charge in [0.25, 0.3) is 0 Å². The number of aryl methyl sites for hydroxylation is 1. The van der Waals surface area contributed by atoms with Crippen molar-refractivity contribution in [2.75, 3.05) is 24.3 Å². The summed E-state index contributed by atoms with van der Waals surface area (Å²) in [6.07, 6.45) is 4.52. The average Bonchev–Trinajstić information content (AvgIpc) is 3.13. The minimum atomic E-state index is 0.0457. The van der Waals surface area contributed by atoms with Crippen molar-refractivity contribution in [1.82, 2.24) is 15.3 Å². The van der Waals surface area contributed by atoms with Crippen molar-refractivity contribution < 1.29 is 4.42 Å². The molecular weight excluding hydrogens is 398 g/mol. The normalized spacial score (nSPS) is 19.3. The third-order valence-corrected chi connectivity index (χ3v) is 6.41. The van der Waals surface area contributed by atoms with E-state index >= 15 is 0 Å². The van der Waals surface area contributed by atoms with Crippen LogP contribution in [0.3, 0.4) is 0 Å². The number of nitrogens with zero attached hydrogens (tertiary/aromatic N) is 3. The summed E-state index contributed by atoms with van der Waals surface area (Å²) >= 11 is 0. The number of aromatic nitrogens is 2. The lowest BCUT2D eigenvalue weighted by Gasteiger charge is -2.30. The number of rotatable bonds is 6. The van der Waals surface area contributed by atoms with E-state index in [4.69, 9.17) is 14.4 Å². The Kier molecular flexibility index (Phi) is 6.42. The third-order valence-electron chi connectivity index (χ3n) is 6.41. The summed E-state index contributed by atoms with van der Waals surface area (Å²) in [6.45, 7) is 9.51. The van der Waals surface area contributed by atoms with Gasteiger partial charge in [0.1, 0.15) is 17.3 Å². The van der Waals surface area contributed by atoms with Gasteiger partial charge < -0.3 is 20.0 Å². The maximum atomic E-state index is 5.99. The predicted octanol–water partition coefficient (Wildman–Crippen LogP) is 5.41. The van der Waals surface area contributed by atoms with Gasteiger partial charge in [-0.3, -0.25) is 0 Å². The number of para-hydroxylation sites is 1. The Balaban J connectivity index is 1.33. The summed E-state index contributed by atoms with van der Waals surface area (Å²) < 4.78 is 5.99. The molecule has 0 radical (unpaired) electrons. The summed E-state index contributed by atoms with van der Waals surface area (Å²) in [4.78, 5) is 11.6. The standard InChI is InChI=1S/C26H37N5O/c1-17-18(15-23(32-17)26(2,3)4)16-27-19-11-13-20(14-12-19)28-25-29-22-10-8-7-9-21(22)24(30-25)31(5)6/h7-10,15,19-20,27H,11-14,16H2,1-6H3,(H,28,29,30)/t19-,20+. The zero-order valence-corrected chi connectivity index (χ0v) is 20.3. The van der Waals surface area contributed by atoms with Crippen molar-refractivity contribution in [1.29, 1.82) is 0 Å². The van der Waals surface area contributed by atoms with Gasteiger partial charge in [-0.15, -0.1) is 0 Å². The van der Waals surface area contributed by atoms with Crippen molar-refractivity contribution in [3.05, 3.63) is 47.4 Å². The molecule has 6 heteroatoms. The molecule has 0 bridgehead atoms. The van der Waals surface area contributed by atoms with Gasteiger partial charge >= 0.3 is 0 Å². The largest absolute Gasteiger partial charge is 0.465 e. The van der Waals surface area contributed by atoms with Crippen molar-refractivity contribution >= 4 is 22.7 Å². The molecule has 0 aliphatic heterocycles. The first-order valence-electron chi connectivity index (χ1n) is 11.7. The second-order valence-electron chi connectivity index (χ2n) is 10.3. The molecule has 0 amide bonds. The third kappa shape index (κ3) is 5.07. The molecule has 2 N–H and O–H groups in total. The van der Waals surface area contributed by atoms with Crippen LogP contribution in [0.5, 0.6) is 0 Å². The van der Waals surface area contributed by atoms with Crippen LogP contribution in [0, 0.1) is 6.92 Å². The van der Waals surface area contributed by atoms with Gasteiger partial charge in [-0.1, -0.05) is 32.9 Å². The molecule has 0 spiro atoms. The highest BCUT2D eigenvalue weighted by molar-refractivity contribution is 5.90. The summed E-state index contributed by atoms with van der Waals surface area (Å²) in [5, 5.41) is 8.43. The summed E-state index contributed by atoms with van der Waals surface area (Å²) in [7, 11) is 4.06. The van der Waals surface area contributed by atoms with Crippen molar-refractivity contribution in [2.24, 2.45) is 0 Å². The summed E-state index contributed by atoms with van der Waals surface area (Å²) in [6, 6.07) is 11.4. The number of anilines is 2. The molecular formula is C26H37N5O. The molecule has 1 saturated carbocycles. The van der Waals surface area contributed by atoms with Gasteiger partial charge in [-0.05, 0) is 50.8 Å². The van der Waals surface area contributed by atoms with Crippen LogP contribution in [0.2, 0.25) is 0 Å². The second kappa shape index (κ2) is 9.10. The Morgan fingerprint density at radius 3 is 2.38 bits per heavy atom. The smallest absolute Gasteiger partial charge is 0.225 e. The van der Waals surface area contributed by atoms with Gasteiger partial charge in [-0.2, -0.15) is 4.98 Å². The molecule has 4 rings (SSSR count). The minimum Gasteiger partial charge on any atom is -0.465 e. The van der Waals surface area contributed by atoms with E-state index in [0.29, 0.717) is 12.1 Å². The monoisotopic (exact) mass is 435 g/mol. The first-order valence-corrected chi connectivity index (χ1v) is 11.7. The highest BCUT2D eigenvalue weighted by Gasteiger charge is 2.24. The summed E-state index contributed by atoms with van der Waals surface area (Å²) in [5.74, 6) is 3.78. The molecule has 32 heavy (non-hydrogen) atoms. The maximum absolute atomic E-state index is 5.99. The minimum absolute atomic E-state index is 0.0457. The lowest BCUT2D eigenvalue weighted by Crippen LogP contribution is -2.37. The van der Waals surface area contributed by atoms with E-state index in [9.17, 15) is 0 Å². The molecule has 172 valence electrons. The van der Waals surface area contributed by atoms with E-state index in [2.05, 4.69) is 61.4 Å². The van der Waals surface area contributed by atoms with E-state index in [1.807, 2.05) is 26.2 Å². The molecule has 0 unspecified atom stereocenters. The molecule has 2 aromatic heterocycles. The Labute approximate surface area is 191 Å². The van der Waals surface area contributed by atoms with Gasteiger partial charge in [0.15, 0.2) is 0 Å². The van der Waals surface area contributed by atoms with Crippen LogP contribution in [0.1, 0.15) is 63.5 Å². The average molecular weight is 436 g/mol. The summed E-state index contributed by atoms with van der Waals surface area (Å²) in [5.41, 5.74) is 2.30. The number of nitrogens with one attached hydrogen (secondary N) is 2. The zero-order valence-electron chi connectivity index (χ0n) is 20.3. The number of fused-ring (bicyclic) bond motifs is 1. The van der Waals surface area contributed by atoms with Crippen LogP contribution in [-0.4, -0.2) is 36.1 Å². The van der Waals surface area contributed by atoms with Crippen molar-refractivity contribution in [3.63, 3.8) is 0 Å². The van der Waals surface area contributed by atoms with Gasteiger partial charge in [-0.25, -0.2) is 4.98 Å². The number of hydrogen-bond acceptors (Lipinski definition) is 6. The Hall–Kier alpha value is -2.60. The van der Waals surface area contributed by atoms with Gasteiger partial charge in [0, 0.05) is 49.1 Å². The van der Waals surface area contributed by atoms with Gasteiger partial charge in [0.05, 0.1) is 5.52 Å². The fourth-order valence-electron chi connectivity index (χ4n) is 4.41. The first kappa shape index (κ1) is 22.6. The van der Waals surface area contributed by atoms with Crippen LogP contribution in [-0.2, 0) is 12.0 Å². The second-order valence-corrected chi connectivity index (χ2v) is 10.3. The molecule has 6 nitrogen and oxygen atoms in total. The fraction of sp³-hybridized carbons (Fsp3) is 0.538. The number of furan rings is 1. The topological polar surface area (TPSA) is 66.2 Å². The van der Waals surface area contributed by atoms with Crippen LogP contribution in [0.25, 0.3) is 10.9 Å². The number of hydrogen-bond donors (Lipinski definition) is 2. The van der Waals surface area contributed by atoms with Crippen LogP contribution in [0.15, 0.2) is 34.7 Å². The Bertz CT molecular complexity index is 1060. The Morgan fingerprint density at radius 2 is 1.72 bits per heavy atom. The molecule has 1 fully saturated rings. The van der Waals surface area contributed by atoms with Crippen LogP contribution >= 0.6 is 0 Å². The number of benzene rings is 1. The van der Waals surface area contributed by atoms with Crippen LogP contribution < -0.4 is 15.5 Å². The highest BCUT2D eigenvalue weighted by atomic mass is 16.3. The Morgan fingerprint density at radius 1 is 1.03 bits per heavy atom. The van der Waals surface area contributed by atoms with Gasteiger partial charge in [0.2, 0.25) is 5.95 Å². The van der Waals surface area contributed by atoms with E-state index in [0.717, 1.165) is 66.4 Å². The highest BCUT2D eigenvalue weighted by Crippen LogP contribution is 2.28. The lowest BCUT2D eigenvalue weighted by atomic mass is 9.91. The van der Waals surface area contributed by atoms with E-state index < -0.39 is 0 Å². The lowest BCUT2D eigenvalue weighted by molar-refractivity contribution is 0.350.